The molecule has 2 heterocycles. The zero-order valence-corrected chi connectivity index (χ0v) is 18.0. The van der Waals surface area contributed by atoms with Crippen molar-refractivity contribution in [1.29, 1.82) is 0 Å². The van der Waals surface area contributed by atoms with E-state index in [9.17, 15) is 4.79 Å². The van der Waals surface area contributed by atoms with Crippen LogP contribution in [0.2, 0.25) is 0 Å². The number of amides is 1. The molecule has 0 atom stereocenters. The van der Waals surface area contributed by atoms with Crippen molar-refractivity contribution < 1.29 is 4.79 Å². The van der Waals surface area contributed by atoms with E-state index >= 15 is 0 Å². The summed E-state index contributed by atoms with van der Waals surface area (Å²) >= 11 is 1.68. The lowest BCUT2D eigenvalue weighted by molar-refractivity contribution is -0.134. The van der Waals surface area contributed by atoms with Gasteiger partial charge in [0.2, 0.25) is 5.91 Å². The van der Waals surface area contributed by atoms with Gasteiger partial charge in [-0.25, -0.2) is 0 Å². The number of carbonyl (C=O) groups is 1. The lowest BCUT2D eigenvalue weighted by Gasteiger charge is -2.35. The minimum Gasteiger partial charge on any atom is -0.345 e. The highest BCUT2D eigenvalue weighted by Gasteiger charge is 2.26. The molecule has 0 aliphatic heterocycles. The van der Waals surface area contributed by atoms with Gasteiger partial charge in [0, 0.05) is 29.4 Å². The lowest BCUT2D eigenvalue weighted by Crippen LogP contribution is -2.42. The fraction of sp³-hybridized carbons (Fsp3) is 0.400. The van der Waals surface area contributed by atoms with Crippen LogP contribution in [-0.4, -0.2) is 21.4 Å². The Bertz CT molecular complexity index is 922. The summed E-state index contributed by atoms with van der Waals surface area (Å²) < 4.78 is 2.30. The van der Waals surface area contributed by atoms with Crippen LogP contribution in [0.4, 0.5) is 0 Å². The number of aryl methyl sites for hydroxylation is 1. The second-order valence-electron chi connectivity index (χ2n) is 8.12. The second kappa shape index (κ2) is 9.45. The fourth-order valence-corrected chi connectivity index (χ4v) is 5.07. The summed E-state index contributed by atoms with van der Waals surface area (Å²) in [5.74, 6) is 0.267. The van der Waals surface area contributed by atoms with E-state index in [2.05, 4.69) is 70.4 Å². The van der Waals surface area contributed by atoms with Crippen LogP contribution >= 0.6 is 11.3 Å². The van der Waals surface area contributed by atoms with Gasteiger partial charge in [0.05, 0.1) is 13.0 Å². The summed E-state index contributed by atoms with van der Waals surface area (Å²) in [6, 6.07) is 17.3. The zero-order chi connectivity index (χ0) is 20.1. The van der Waals surface area contributed by atoms with E-state index in [1.165, 1.54) is 36.1 Å². The Balaban J connectivity index is 1.54. The van der Waals surface area contributed by atoms with Gasteiger partial charge >= 0.3 is 0 Å². The fourth-order valence-electron chi connectivity index (χ4n) is 4.37. The van der Waals surface area contributed by atoms with Gasteiger partial charge in [0.1, 0.15) is 0 Å². The SMILES string of the molecule is Cc1ccccc1Cn1cccc1CN(C(=O)Cc1cccs1)C1CCCCC1. The van der Waals surface area contributed by atoms with Crippen molar-refractivity contribution >= 4 is 17.2 Å². The average molecular weight is 407 g/mol. The third-order valence-electron chi connectivity index (χ3n) is 6.10. The molecule has 1 fully saturated rings. The number of rotatable bonds is 7. The van der Waals surface area contributed by atoms with E-state index in [0.29, 0.717) is 19.0 Å². The molecule has 1 aliphatic rings. The van der Waals surface area contributed by atoms with Gasteiger partial charge in [-0.2, -0.15) is 0 Å². The molecule has 1 aliphatic carbocycles. The van der Waals surface area contributed by atoms with Crippen LogP contribution in [0.25, 0.3) is 0 Å². The smallest absolute Gasteiger partial charge is 0.228 e. The van der Waals surface area contributed by atoms with Crippen LogP contribution in [0.1, 0.15) is 53.8 Å². The molecule has 4 heteroatoms. The number of hydrogen-bond acceptors (Lipinski definition) is 2. The van der Waals surface area contributed by atoms with Crippen molar-refractivity contribution in [2.45, 2.75) is 64.6 Å². The van der Waals surface area contributed by atoms with Crippen LogP contribution in [0.15, 0.2) is 60.1 Å². The zero-order valence-electron chi connectivity index (χ0n) is 17.2. The van der Waals surface area contributed by atoms with E-state index in [0.717, 1.165) is 24.3 Å². The summed E-state index contributed by atoms with van der Waals surface area (Å²) in [6.07, 6.45) is 8.70. The van der Waals surface area contributed by atoms with Crippen LogP contribution in [-0.2, 0) is 24.3 Å². The Labute approximate surface area is 178 Å². The number of carbonyl (C=O) groups excluding carboxylic acids is 1. The highest BCUT2D eigenvalue weighted by atomic mass is 32.1. The summed E-state index contributed by atoms with van der Waals surface area (Å²) in [7, 11) is 0. The molecule has 0 bridgehead atoms. The third-order valence-corrected chi connectivity index (χ3v) is 6.98. The molecule has 0 saturated heterocycles. The van der Waals surface area contributed by atoms with Gasteiger partial charge in [-0.3, -0.25) is 4.79 Å². The molecule has 0 N–H and O–H groups in total. The van der Waals surface area contributed by atoms with E-state index < -0.39 is 0 Å². The Kier molecular flexibility index (Phi) is 6.50. The van der Waals surface area contributed by atoms with Gasteiger partial charge in [0.25, 0.3) is 0 Å². The van der Waals surface area contributed by atoms with Crippen LogP contribution in [0.5, 0.6) is 0 Å². The first-order valence-corrected chi connectivity index (χ1v) is 11.6. The first-order chi connectivity index (χ1) is 14.2. The van der Waals surface area contributed by atoms with E-state index in [1.807, 2.05) is 6.07 Å². The highest BCUT2D eigenvalue weighted by molar-refractivity contribution is 7.10. The molecule has 4 rings (SSSR count). The summed E-state index contributed by atoms with van der Waals surface area (Å²) in [4.78, 5) is 16.6. The van der Waals surface area contributed by atoms with Crippen molar-refractivity contribution in [2.75, 3.05) is 0 Å². The van der Waals surface area contributed by atoms with Gasteiger partial charge < -0.3 is 9.47 Å². The second-order valence-corrected chi connectivity index (χ2v) is 9.16. The Morgan fingerprint density at radius 3 is 2.66 bits per heavy atom. The number of aromatic nitrogens is 1. The average Bonchev–Trinajstić information content (AvgIpc) is 3.40. The molecule has 0 radical (unpaired) electrons. The lowest BCUT2D eigenvalue weighted by atomic mass is 9.93. The molecule has 1 amide bonds. The molecule has 0 unspecified atom stereocenters. The minimum atomic E-state index is 0.267. The Morgan fingerprint density at radius 2 is 1.90 bits per heavy atom. The summed E-state index contributed by atoms with van der Waals surface area (Å²) in [5.41, 5.74) is 3.86. The molecule has 3 aromatic rings. The van der Waals surface area contributed by atoms with Crippen molar-refractivity contribution in [3.63, 3.8) is 0 Å². The highest BCUT2D eigenvalue weighted by Crippen LogP contribution is 2.26. The third kappa shape index (κ3) is 4.99. The van der Waals surface area contributed by atoms with E-state index in [1.54, 1.807) is 11.3 Å². The van der Waals surface area contributed by atoms with Crippen molar-refractivity contribution in [1.82, 2.24) is 9.47 Å². The first-order valence-electron chi connectivity index (χ1n) is 10.7. The minimum absolute atomic E-state index is 0.267. The first kappa shape index (κ1) is 20.0. The van der Waals surface area contributed by atoms with Crippen LogP contribution in [0, 0.1) is 6.92 Å². The maximum Gasteiger partial charge on any atom is 0.228 e. The van der Waals surface area contributed by atoms with Crippen molar-refractivity contribution in [3.8, 4) is 0 Å². The molecule has 3 nitrogen and oxygen atoms in total. The van der Waals surface area contributed by atoms with E-state index in [-0.39, 0.29) is 5.91 Å². The summed E-state index contributed by atoms with van der Waals surface area (Å²) in [5, 5.41) is 2.06. The quantitative estimate of drug-likeness (QED) is 0.486. The molecule has 2 aromatic heterocycles. The predicted octanol–water partition coefficient (Wildman–Crippen LogP) is 5.81. The molecule has 1 aromatic carbocycles. The topological polar surface area (TPSA) is 25.2 Å². The summed E-state index contributed by atoms with van der Waals surface area (Å²) in [6.45, 7) is 3.72. The number of thiophene rings is 1. The molecular formula is C25H30N2OS. The number of hydrogen-bond donors (Lipinski definition) is 0. The number of nitrogens with zero attached hydrogens (tertiary/aromatic N) is 2. The molecule has 29 heavy (non-hydrogen) atoms. The monoisotopic (exact) mass is 406 g/mol. The maximum atomic E-state index is 13.3. The predicted molar refractivity (Wildman–Crippen MR) is 120 cm³/mol. The van der Waals surface area contributed by atoms with Crippen molar-refractivity contribution in [3.05, 3.63) is 81.8 Å². The Morgan fingerprint density at radius 1 is 1.07 bits per heavy atom. The molecule has 0 spiro atoms. The van der Waals surface area contributed by atoms with Gasteiger partial charge in [-0.15, -0.1) is 11.3 Å². The standard InChI is InChI=1S/C25H30N2OS/c1-20-9-5-6-10-21(20)18-26-15-7-13-23(26)19-27(22-11-3-2-4-12-22)25(28)17-24-14-8-16-29-24/h5-10,13-16,22H,2-4,11-12,17-19H2,1H3. The normalized spacial score (nSPS) is 14.8. The molecule has 1 saturated carbocycles. The Hall–Kier alpha value is -2.33. The number of benzene rings is 1. The van der Waals surface area contributed by atoms with Gasteiger partial charge in [-0.05, 0) is 54.5 Å². The van der Waals surface area contributed by atoms with Crippen LogP contribution < -0.4 is 0 Å². The molecule has 152 valence electrons. The van der Waals surface area contributed by atoms with E-state index in [4.69, 9.17) is 0 Å². The van der Waals surface area contributed by atoms with Gasteiger partial charge in [-0.1, -0.05) is 49.6 Å². The largest absolute Gasteiger partial charge is 0.345 e. The maximum absolute atomic E-state index is 13.3. The van der Waals surface area contributed by atoms with Crippen LogP contribution in [0.3, 0.4) is 0 Å². The molecular weight excluding hydrogens is 376 g/mol. The van der Waals surface area contributed by atoms with Crippen molar-refractivity contribution in [2.24, 2.45) is 0 Å². The van der Waals surface area contributed by atoms with Gasteiger partial charge in [0.15, 0.2) is 0 Å².